The topological polar surface area (TPSA) is 90.4 Å². The highest BCUT2D eigenvalue weighted by Crippen LogP contribution is 2.38. The number of anilines is 1. The minimum absolute atomic E-state index is 0.147. The third-order valence-corrected chi connectivity index (χ3v) is 6.45. The van der Waals surface area contributed by atoms with E-state index in [-0.39, 0.29) is 36.9 Å². The number of carbonyl (C=O) groups excluding carboxylic acids is 1. The maximum atomic E-state index is 13.5. The lowest BCUT2D eigenvalue weighted by Gasteiger charge is -2.14. The molecule has 4 rings (SSSR count). The number of fused-ring (bicyclic) bond motifs is 1. The van der Waals surface area contributed by atoms with Crippen molar-refractivity contribution in [1.29, 1.82) is 0 Å². The van der Waals surface area contributed by atoms with Gasteiger partial charge in [0, 0.05) is 20.2 Å². The molecule has 0 N–H and O–H groups in total. The number of carbonyl (C=O) groups is 1. The number of rotatable bonds is 3. The zero-order chi connectivity index (χ0) is 22.6. The van der Waals surface area contributed by atoms with Crippen molar-refractivity contribution in [2.75, 3.05) is 4.90 Å². The number of imidazole rings is 1. The van der Waals surface area contributed by atoms with Crippen LogP contribution in [0.5, 0.6) is 0 Å². The van der Waals surface area contributed by atoms with Crippen molar-refractivity contribution in [3.8, 4) is 0 Å². The van der Waals surface area contributed by atoms with Gasteiger partial charge in [0.25, 0.3) is 11.6 Å². The molecule has 0 radical (unpaired) electrons. The first-order valence-electron chi connectivity index (χ1n) is 8.67. The first-order chi connectivity index (χ1) is 14.6. The second-order valence-corrected chi connectivity index (χ2v) is 8.76. The van der Waals surface area contributed by atoms with Crippen molar-refractivity contribution in [3.05, 3.63) is 72.2 Å². The fourth-order valence-electron chi connectivity index (χ4n) is 3.28. The van der Waals surface area contributed by atoms with Crippen molar-refractivity contribution in [2.24, 2.45) is 14.1 Å². The van der Waals surface area contributed by atoms with Gasteiger partial charge in [-0.25, -0.2) is 9.18 Å². The molecule has 1 saturated heterocycles. The molecule has 8 nitrogen and oxygen atoms in total. The highest BCUT2D eigenvalue weighted by molar-refractivity contribution is 8.27. The van der Waals surface area contributed by atoms with Crippen molar-refractivity contribution in [3.63, 3.8) is 0 Å². The Labute approximate surface area is 188 Å². The number of thioether (sulfide) groups is 1. The summed E-state index contributed by atoms with van der Waals surface area (Å²) in [5.41, 5.74) is 0.712. The Morgan fingerprint density at radius 2 is 1.81 bits per heavy atom. The molecule has 0 atom stereocenters. The Hall–Kier alpha value is -3.02. The van der Waals surface area contributed by atoms with Crippen LogP contribution in [0, 0.1) is 15.9 Å². The van der Waals surface area contributed by atoms with E-state index in [1.807, 2.05) is 0 Å². The van der Waals surface area contributed by atoms with E-state index < -0.39 is 16.6 Å². The molecule has 158 valence electrons. The summed E-state index contributed by atoms with van der Waals surface area (Å²) in [5.74, 6) is -1.15. The number of nitrogens with zero attached hydrogens (tertiary/aromatic N) is 4. The summed E-state index contributed by atoms with van der Waals surface area (Å²) in [7, 11) is 3.07. The van der Waals surface area contributed by atoms with Crippen LogP contribution in [0.4, 0.5) is 15.8 Å². The number of amides is 1. The minimum Gasteiger partial charge on any atom is -0.295 e. The smallest absolute Gasteiger partial charge is 0.295 e. The standard InChI is InChI=1S/C19H12ClFN4O4S2/c1-22-14-5-9(13(25(28)29)8-15(14)23(2)18(22)27)6-16-17(26)24(19(30)31-16)10-3-4-12(21)11(20)7-10/h3-8H,1-2H3/b16-6-. The molecule has 31 heavy (non-hydrogen) atoms. The fraction of sp³-hybridized carbons (Fsp3) is 0.105. The molecule has 12 heteroatoms. The molecule has 0 saturated carbocycles. The van der Waals surface area contributed by atoms with Gasteiger partial charge in [-0.2, -0.15) is 0 Å². The number of thiocarbonyl (C=S) groups is 1. The van der Waals surface area contributed by atoms with Crippen LogP contribution in [0.25, 0.3) is 17.1 Å². The van der Waals surface area contributed by atoms with Gasteiger partial charge in [0.05, 0.1) is 37.1 Å². The van der Waals surface area contributed by atoms with Gasteiger partial charge >= 0.3 is 5.69 Å². The number of benzene rings is 2. The van der Waals surface area contributed by atoms with Gasteiger partial charge in [0.15, 0.2) is 4.32 Å². The SMILES string of the molecule is Cn1c(=O)n(C)c2cc([N+](=O)[O-])c(/C=C3\SC(=S)N(c4ccc(F)c(Cl)c4)C3=O)cc21. The van der Waals surface area contributed by atoms with Gasteiger partial charge < -0.3 is 0 Å². The maximum absolute atomic E-state index is 13.5. The highest BCUT2D eigenvalue weighted by Gasteiger charge is 2.34. The first-order valence-corrected chi connectivity index (χ1v) is 10.3. The van der Waals surface area contributed by atoms with Crippen molar-refractivity contribution in [2.45, 2.75) is 0 Å². The van der Waals surface area contributed by atoms with Crippen LogP contribution in [-0.4, -0.2) is 24.3 Å². The molecule has 1 aliphatic heterocycles. The van der Waals surface area contributed by atoms with Crippen LogP contribution >= 0.6 is 35.6 Å². The van der Waals surface area contributed by atoms with Gasteiger partial charge in [-0.05, 0) is 30.3 Å². The monoisotopic (exact) mass is 478 g/mol. The summed E-state index contributed by atoms with van der Waals surface area (Å²) in [4.78, 5) is 37.6. The third-order valence-electron chi connectivity index (χ3n) is 4.86. The van der Waals surface area contributed by atoms with Crippen LogP contribution < -0.4 is 10.6 Å². The third kappa shape index (κ3) is 3.44. The molecular weight excluding hydrogens is 467 g/mol. The lowest BCUT2D eigenvalue weighted by Crippen LogP contribution is -2.27. The maximum Gasteiger partial charge on any atom is 0.328 e. The average molecular weight is 479 g/mol. The number of aromatic nitrogens is 2. The van der Waals surface area contributed by atoms with Gasteiger partial charge in [0.1, 0.15) is 5.82 Å². The van der Waals surface area contributed by atoms with E-state index in [4.69, 9.17) is 23.8 Å². The molecule has 0 unspecified atom stereocenters. The van der Waals surface area contributed by atoms with E-state index >= 15 is 0 Å². The lowest BCUT2D eigenvalue weighted by molar-refractivity contribution is -0.385. The Kier molecular flexibility index (Phi) is 5.20. The zero-order valence-corrected chi connectivity index (χ0v) is 18.3. The molecule has 2 heterocycles. The van der Waals surface area contributed by atoms with Crippen molar-refractivity contribution < 1.29 is 14.1 Å². The lowest BCUT2D eigenvalue weighted by atomic mass is 10.1. The summed E-state index contributed by atoms with van der Waals surface area (Å²) in [6.07, 6.45) is 1.36. The number of aryl methyl sites for hydroxylation is 2. The molecule has 0 aliphatic carbocycles. The van der Waals surface area contributed by atoms with Crippen molar-refractivity contribution in [1.82, 2.24) is 9.13 Å². The van der Waals surface area contributed by atoms with Gasteiger partial charge in [-0.1, -0.05) is 35.6 Å². The van der Waals surface area contributed by atoms with Gasteiger partial charge in [0.2, 0.25) is 0 Å². The van der Waals surface area contributed by atoms with E-state index in [1.54, 1.807) is 7.05 Å². The molecule has 1 amide bonds. The molecule has 0 bridgehead atoms. The van der Waals surface area contributed by atoms with Crippen LogP contribution in [0.1, 0.15) is 5.56 Å². The molecule has 0 spiro atoms. The molecule has 2 aromatic carbocycles. The molecular formula is C19H12ClFN4O4S2. The minimum atomic E-state index is -0.635. The summed E-state index contributed by atoms with van der Waals surface area (Å²) in [5, 5.41) is 11.5. The van der Waals surface area contributed by atoms with Gasteiger partial charge in [-0.3, -0.25) is 28.9 Å². The molecule has 1 aliphatic rings. The summed E-state index contributed by atoms with van der Waals surface area (Å²) >= 11 is 12.0. The van der Waals surface area contributed by atoms with E-state index in [1.165, 1.54) is 51.4 Å². The van der Waals surface area contributed by atoms with E-state index in [0.717, 1.165) is 17.8 Å². The Morgan fingerprint density at radius 3 is 2.42 bits per heavy atom. The number of nitro groups is 1. The molecule has 1 aromatic heterocycles. The quantitative estimate of drug-likeness (QED) is 0.245. The van der Waals surface area contributed by atoms with Crippen LogP contribution in [0.15, 0.2) is 40.0 Å². The van der Waals surface area contributed by atoms with E-state index in [9.17, 15) is 24.1 Å². The second-order valence-electron chi connectivity index (χ2n) is 6.67. The molecule has 3 aromatic rings. The Balaban J connectivity index is 1.83. The summed E-state index contributed by atoms with van der Waals surface area (Å²) < 4.78 is 16.3. The summed E-state index contributed by atoms with van der Waals surface area (Å²) in [6, 6.07) is 6.54. The second kappa shape index (κ2) is 7.59. The van der Waals surface area contributed by atoms with E-state index in [2.05, 4.69) is 0 Å². The predicted molar refractivity (Wildman–Crippen MR) is 122 cm³/mol. The van der Waals surface area contributed by atoms with Crippen LogP contribution in [0.2, 0.25) is 5.02 Å². The van der Waals surface area contributed by atoms with Crippen LogP contribution in [-0.2, 0) is 18.9 Å². The normalized spacial score (nSPS) is 15.5. The highest BCUT2D eigenvalue weighted by atomic mass is 35.5. The van der Waals surface area contributed by atoms with Gasteiger partial charge in [-0.15, -0.1) is 0 Å². The van der Waals surface area contributed by atoms with Crippen molar-refractivity contribution >= 4 is 74.3 Å². The first kappa shape index (κ1) is 21.2. The largest absolute Gasteiger partial charge is 0.328 e. The number of nitro benzene ring substituents is 1. The van der Waals surface area contributed by atoms with Crippen LogP contribution in [0.3, 0.4) is 0 Å². The number of hydrogen-bond donors (Lipinski definition) is 0. The Morgan fingerprint density at radius 1 is 1.16 bits per heavy atom. The predicted octanol–water partition coefficient (Wildman–Crippen LogP) is 3.98. The fourth-order valence-corrected chi connectivity index (χ4v) is 4.74. The zero-order valence-electron chi connectivity index (χ0n) is 16.0. The summed E-state index contributed by atoms with van der Waals surface area (Å²) in [6.45, 7) is 0. The molecule has 1 fully saturated rings. The number of halogens is 2. The van der Waals surface area contributed by atoms with E-state index in [0.29, 0.717) is 11.0 Å². The average Bonchev–Trinajstić information content (AvgIpc) is 3.11. The number of hydrogen-bond acceptors (Lipinski definition) is 6. The Bertz CT molecular complexity index is 1410.